The van der Waals surface area contributed by atoms with E-state index in [0.29, 0.717) is 12.1 Å². The van der Waals surface area contributed by atoms with Gasteiger partial charge in [0.05, 0.1) is 12.6 Å². The molecule has 0 saturated carbocycles. The Bertz CT molecular complexity index is 890. The number of ether oxygens (including phenoxy) is 1. The SMILES string of the molecule is CCOC(=O)Nc1ccc2c(c1)CC1(C(=O)N(C)C(=O)N(C)C1=O)C1CCCN21. The molecule has 1 atom stereocenters. The molecular weight excluding hydrogens is 376 g/mol. The number of urea groups is 1. The summed E-state index contributed by atoms with van der Waals surface area (Å²) < 4.78 is 4.92. The summed E-state index contributed by atoms with van der Waals surface area (Å²) in [5.74, 6) is -0.922. The van der Waals surface area contributed by atoms with E-state index in [1.165, 1.54) is 14.1 Å². The number of benzene rings is 1. The molecule has 2 saturated heterocycles. The van der Waals surface area contributed by atoms with Gasteiger partial charge in [-0.25, -0.2) is 9.59 Å². The quantitative estimate of drug-likeness (QED) is 0.761. The van der Waals surface area contributed by atoms with Gasteiger partial charge in [0.1, 0.15) is 0 Å². The van der Waals surface area contributed by atoms with Gasteiger partial charge < -0.3 is 9.64 Å². The zero-order valence-electron chi connectivity index (χ0n) is 16.7. The van der Waals surface area contributed by atoms with Gasteiger partial charge in [-0.1, -0.05) is 0 Å². The fourth-order valence-electron chi connectivity index (χ4n) is 4.88. The second kappa shape index (κ2) is 6.75. The van der Waals surface area contributed by atoms with Gasteiger partial charge in [0, 0.05) is 32.0 Å². The van der Waals surface area contributed by atoms with Gasteiger partial charge in [-0.15, -0.1) is 0 Å². The molecule has 1 aromatic carbocycles. The van der Waals surface area contributed by atoms with E-state index < -0.39 is 29.4 Å². The van der Waals surface area contributed by atoms with Crippen molar-refractivity contribution in [3.8, 4) is 0 Å². The number of anilines is 2. The van der Waals surface area contributed by atoms with Gasteiger partial charge in [-0.2, -0.15) is 0 Å². The third kappa shape index (κ3) is 2.67. The van der Waals surface area contributed by atoms with Crippen molar-refractivity contribution < 1.29 is 23.9 Å². The minimum Gasteiger partial charge on any atom is -0.450 e. The van der Waals surface area contributed by atoms with Crippen LogP contribution in [0, 0.1) is 5.41 Å². The first-order valence-electron chi connectivity index (χ1n) is 9.75. The molecule has 3 aliphatic rings. The number of nitrogens with one attached hydrogen (secondary N) is 1. The van der Waals surface area contributed by atoms with Crippen LogP contribution in [0.2, 0.25) is 0 Å². The third-order valence-electron chi connectivity index (χ3n) is 6.15. The van der Waals surface area contributed by atoms with Crippen LogP contribution < -0.4 is 10.2 Å². The molecule has 1 N–H and O–H groups in total. The van der Waals surface area contributed by atoms with Gasteiger partial charge in [0.2, 0.25) is 11.8 Å². The number of hydrogen-bond acceptors (Lipinski definition) is 6. The van der Waals surface area contributed by atoms with Crippen molar-refractivity contribution in [3.05, 3.63) is 23.8 Å². The number of imide groups is 2. The zero-order valence-corrected chi connectivity index (χ0v) is 16.7. The summed E-state index contributed by atoms with van der Waals surface area (Å²) in [6, 6.07) is 4.56. The monoisotopic (exact) mass is 400 g/mol. The molecule has 9 nitrogen and oxygen atoms in total. The standard InChI is InChI=1S/C20H24N4O5/c1-4-29-18(27)21-13-7-8-14-12(10-13)11-20(15-6-5-9-24(14)15)16(25)22(2)19(28)23(3)17(20)26/h7-8,10,15H,4-6,9,11H2,1-3H3,(H,21,27). The van der Waals surface area contributed by atoms with Crippen LogP contribution in [0.4, 0.5) is 21.0 Å². The average Bonchev–Trinajstić information content (AvgIpc) is 3.20. The van der Waals surface area contributed by atoms with Crippen molar-refractivity contribution in [2.45, 2.75) is 32.2 Å². The van der Waals surface area contributed by atoms with E-state index in [2.05, 4.69) is 10.2 Å². The van der Waals surface area contributed by atoms with E-state index in [9.17, 15) is 19.2 Å². The first kappa shape index (κ1) is 19.2. The fourth-order valence-corrected chi connectivity index (χ4v) is 4.88. The third-order valence-corrected chi connectivity index (χ3v) is 6.15. The van der Waals surface area contributed by atoms with E-state index in [1.54, 1.807) is 19.1 Å². The summed E-state index contributed by atoms with van der Waals surface area (Å²) in [7, 11) is 2.84. The van der Waals surface area contributed by atoms with Gasteiger partial charge in [-0.05, 0) is 49.9 Å². The summed E-state index contributed by atoms with van der Waals surface area (Å²) in [5, 5.41) is 2.67. The highest BCUT2D eigenvalue weighted by atomic mass is 16.5. The highest BCUT2D eigenvalue weighted by Crippen LogP contribution is 2.49. The molecule has 0 aromatic heterocycles. The van der Waals surface area contributed by atoms with E-state index >= 15 is 0 Å². The van der Waals surface area contributed by atoms with E-state index in [0.717, 1.165) is 34.0 Å². The topological polar surface area (TPSA) is 99.3 Å². The first-order chi connectivity index (χ1) is 13.8. The molecule has 3 aliphatic heterocycles. The van der Waals surface area contributed by atoms with E-state index in [1.807, 2.05) is 6.07 Å². The smallest absolute Gasteiger partial charge is 0.411 e. The number of hydrogen-bond donors (Lipinski definition) is 1. The minimum atomic E-state index is -1.34. The molecule has 2 fully saturated rings. The number of amides is 5. The predicted molar refractivity (Wildman–Crippen MR) is 105 cm³/mol. The molecule has 4 rings (SSSR count). The number of nitrogens with zero attached hydrogens (tertiary/aromatic N) is 3. The first-order valence-corrected chi connectivity index (χ1v) is 9.75. The van der Waals surface area contributed by atoms with Crippen molar-refractivity contribution >= 4 is 35.3 Å². The lowest BCUT2D eigenvalue weighted by Gasteiger charge is -2.50. The molecule has 0 radical (unpaired) electrons. The van der Waals surface area contributed by atoms with Crippen LogP contribution in [-0.2, 0) is 20.7 Å². The molecule has 3 heterocycles. The molecule has 1 spiro atoms. The predicted octanol–water partition coefficient (Wildman–Crippen LogP) is 1.82. The second-order valence-corrected chi connectivity index (χ2v) is 7.70. The lowest BCUT2D eigenvalue weighted by molar-refractivity contribution is -0.159. The van der Waals surface area contributed by atoms with Gasteiger partial charge in [-0.3, -0.25) is 24.7 Å². The summed E-state index contributed by atoms with van der Waals surface area (Å²) >= 11 is 0. The normalized spacial score (nSPS) is 22.7. The van der Waals surface area contributed by atoms with Crippen LogP contribution in [0.15, 0.2) is 18.2 Å². The molecule has 154 valence electrons. The fraction of sp³-hybridized carbons (Fsp3) is 0.500. The number of rotatable bonds is 2. The average molecular weight is 400 g/mol. The Kier molecular flexibility index (Phi) is 4.48. The summed E-state index contributed by atoms with van der Waals surface area (Å²) in [5.41, 5.74) is 0.929. The Morgan fingerprint density at radius 2 is 1.90 bits per heavy atom. The van der Waals surface area contributed by atoms with Crippen LogP contribution in [0.3, 0.4) is 0 Å². The van der Waals surface area contributed by atoms with Gasteiger partial charge in [0.15, 0.2) is 5.41 Å². The number of carbonyl (C=O) groups is 4. The van der Waals surface area contributed by atoms with Crippen molar-refractivity contribution in [2.24, 2.45) is 5.41 Å². The molecular formula is C20H24N4O5. The van der Waals surface area contributed by atoms with Crippen LogP contribution in [-0.4, -0.2) is 67.0 Å². The molecule has 1 aromatic rings. The Morgan fingerprint density at radius 1 is 1.21 bits per heavy atom. The molecule has 5 amide bonds. The number of barbiturate groups is 1. The van der Waals surface area contributed by atoms with Crippen LogP contribution in [0.1, 0.15) is 25.3 Å². The van der Waals surface area contributed by atoms with Crippen LogP contribution in [0.25, 0.3) is 0 Å². The summed E-state index contributed by atoms with van der Waals surface area (Å²) in [4.78, 5) is 54.9. The Labute approximate surface area is 168 Å². The lowest BCUT2D eigenvalue weighted by Crippen LogP contribution is -2.70. The lowest BCUT2D eigenvalue weighted by atomic mass is 9.68. The van der Waals surface area contributed by atoms with Crippen molar-refractivity contribution in [1.29, 1.82) is 0 Å². The Morgan fingerprint density at radius 3 is 2.55 bits per heavy atom. The Balaban J connectivity index is 1.78. The zero-order chi connectivity index (χ0) is 20.9. The molecule has 1 unspecified atom stereocenters. The van der Waals surface area contributed by atoms with Crippen molar-refractivity contribution in [1.82, 2.24) is 9.80 Å². The highest BCUT2D eigenvalue weighted by Gasteiger charge is 2.63. The maximum Gasteiger partial charge on any atom is 0.411 e. The maximum absolute atomic E-state index is 13.3. The number of carbonyl (C=O) groups excluding carboxylic acids is 4. The van der Waals surface area contributed by atoms with Crippen LogP contribution >= 0.6 is 0 Å². The summed E-state index contributed by atoms with van der Waals surface area (Å²) in [6.07, 6.45) is 1.18. The van der Waals surface area contributed by atoms with Gasteiger partial charge in [0.25, 0.3) is 0 Å². The largest absolute Gasteiger partial charge is 0.450 e. The van der Waals surface area contributed by atoms with Crippen molar-refractivity contribution in [2.75, 3.05) is 37.5 Å². The maximum atomic E-state index is 13.3. The van der Waals surface area contributed by atoms with Crippen LogP contribution in [0.5, 0.6) is 0 Å². The molecule has 9 heteroatoms. The Hall–Kier alpha value is -3.10. The minimum absolute atomic E-state index is 0.182. The van der Waals surface area contributed by atoms with Crippen molar-refractivity contribution in [3.63, 3.8) is 0 Å². The molecule has 0 bridgehead atoms. The molecule has 29 heavy (non-hydrogen) atoms. The highest BCUT2D eigenvalue weighted by molar-refractivity contribution is 6.20. The number of fused-ring (bicyclic) bond motifs is 4. The van der Waals surface area contributed by atoms with E-state index in [-0.39, 0.29) is 19.1 Å². The van der Waals surface area contributed by atoms with Gasteiger partial charge >= 0.3 is 12.1 Å². The van der Waals surface area contributed by atoms with E-state index in [4.69, 9.17) is 4.74 Å². The molecule has 0 aliphatic carbocycles. The summed E-state index contributed by atoms with van der Waals surface area (Å²) in [6.45, 7) is 2.70. The second-order valence-electron chi connectivity index (χ2n) is 7.70.